The third-order valence-corrected chi connectivity index (χ3v) is 5.86. The molecule has 164 valence electrons. The number of nitrogens with one attached hydrogen (secondary N) is 1. The Morgan fingerprint density at radius 1 is 1.00 bits per heavy atom. The summed E-state index contributed by atoms with van der Waals surface area (Å²) in [7, 11) is 4.02. The molecule has 4 rings (SSSR count). The van der Waals surface area contributed by atoms with Gasteiger partial charge in [-0.3, -0.25) is 9.69 Å². The molecule has 0 unspecified atom stereocenters. The number of hydrogen-bond acceptors (Lipinski definition) is 3. The van der Waals surface area contributed by atoms with Crippen LogP contribution in [0.1, 0.15) is 22.5 Å². The first-order chi connectivity index (χ1) is 15.2. The van der Waals surface area contributed by atoms with Crippen LogP contribution in [0.4, 0.5) is 10.5 Å². The van der Waals surface area contributed by atoms with Crippen molar-refractivity contribution in [2.45, 2.75) is 20.4 Å². The maximum atomic E-state index is 12.9. The molecule has 0 bridgehead atoms. The second kappa shape index (κ2) is 8.55. The van der Waals surface area contributed by atoms with E-state index in [0.29, 0.717) is 5.02 Å². The Kier molecular flexibility index (Phi) is 5.80. The van der Waals surface area contributed by atoms with Gasteiger partial charge in [0.2, 0.25) is 0 Å². The van der Waals surface area contributed by atoms with E-state index in [1.807, 2.05) is 34.0 Å². The molecule has 6 nitrogen and oxygen atoms in total. The quantitative estimate of drug-likeness (QED) is 0.446. The molecule has 0 spiro atoms. The van der Waals surface area contributed by atoms with Crippen molar-refractivity contribution in [2.75, 3.05) is 19.0 Å². The van der Waals surface area contributed by atoms with Crippen LogP contribution in [-0.4, -0.2) is 35.5 Å². The fraction of sp³-hybridized carbons (Fsp3) is 0.200. The van der Waals surface area contributed by atoms with Crippen LogP contribution in [0.2, 0.25) is 5.02 Å². The van der Waals surface area contributed by atoms with Gasteiger partial charge in [-0.1, -0.05) is 23.7 Å². The van der Waals surface area contributed by atoms with E-state index in [1.54, 1.807) is 30.3 Å². The molecule has 1 aromatic heterocycles. The van der Waals surface area contributed by atoms with Gasteiger partial charge in [0.05, 0.1) is 6.54 Å². The van der Waals surface area contributed by atoms with Crippen LogP contribution in [0.15, 0.2) is 60.3 Å². The predicted octanol–water partition coefficient (Wildman–Crippen LogP) is 4.91. The monoisotopic (exact) mass is 448 g/mol. The van der Waals surface area contributed by atoms with E-state index >= 15 is 0 Å². The molecule has 1 N–H and O–H groups in total. The van der Waals surface area contributed by atoms with Gasteiger partial charge in [0.15, 0.2) is 0 Å². The topological polar surface area (TPSA) is 57.6 Å². The summed E-state index contributed by atoms with van der Waals surface area (Å²) in [6, 6.07) is 17.0. The summed E-state index contributed by atoms with van der Waals surface area (Å²) in [5, 5.41) is 3.32. The van der Waals surface area contributed by atoms with Gasteiger partial charge < -0.3 is 14.8 Å². The van der Waals surface area contributed by atoms with Crippen molar-refractivity contribution in [3.05, 3.63) is 87.8 Å². The van der Waals surface area contributed by atoms with Crippen molar-refractivity contribution in [1.29, 1.82) is 0 Å². The number of amides is 3. The minimum Gasteiger partial charge on any atom is -0.378 e. The number of rotatable bonds is 5. The number of anilines is 1. The predicted molar refractivity (Wildman–Crippen MR) is 128 cm³/mol. The van der Waals surface area contributed by atoms with Crippen molar-refractivity contribution < 1.29 is 9.59 Å². The SMILES string of the molecule is Cc1cc(C=C2NC(=O)N(Cc3ccc(Cl)cc3)C2=O)c(C)n1-c1ccc(N(C)C)cc1. The Hall–Kier alpha value is -3.51. The third kappa shape index (κ3) is 4.14. The lowest BCUT2D eigenvalue weighted by Gasteiger charge is -2.15. The third-order valence-electron chi connectivity index (χ3n) is 5.61. The van der Waals surface area contributed by atoms with Gasteiger partial charge in [-0.05, 0) is 73.5 Å². The molecule has 1 aliphatic heterocycles. The summed E-state index contributed by atoms with van der Waals surface area (Å²) < 4.78 is 2.14. The Balaban J connectivity index is 1.60. The van der Waals surface area contributed by atoms with Crippen LogP contribution < -0.4 is 10.2 Å². The Labute approximate surface area is 192 Å². The van der Waals surface area contributed by atoms with Gasteiger partial charge in [0.25, 0.3) is 5.91 Å². The zero-order valence-corrected chi connectivity index (χ0v) is 19.3. The minimum absolute atomic E-state index is 0.191. The Morgan fingerprint density at radius 2 is 1.66 bits per heavy atom. The summed E-state index contributed by atoms with van der Waals surface area (Å²) in [4.78, 5) is 28.6. The number of carbonyl (C=O) groups is 2. The van der Waals surface area contributed by atoms with E-state index in [1.165, 1.54) is 4.90 Å². The molecule has 0 radical (unpaired) electrons. The summed E-state index contributed by atoms with van der Waals surface area (Å²) in [6.45, 7) is 4.22. The highest BCUT2D eigenvalue weighted by Gasteiger charge is 2.33. The average Bonchev–Trinajstić information content (AvgIpc) is 3.19. The molecule has 1 aliphatic rings. The number of hydrogen-bond donors (Lipinski definition) is 1. The number of halogens is 1. The first-order valence-corrected chi connectivity index (χ1v) is 10.7. The number of imide groups is 1. The molecule has 32 heavy (non-hydrogen) atoms. The fourth-order valence-corrected chi connectivity index (χ4v) is 4.00. The lowest BCUT2D eigenvalue weighted by molar-refractivity contribution is -0.123. The van der Waals surface area contributed by atoms with E-state index in [4.69, 9.17) is 11.6 Å². The van der Waals surface area contributed by atoms with Gasteiger partial charge in [0.1, 0.15) is 5.70 Å². The van der Waals surface area contributed by atoms with Crippen molar-refractivity contribution in [3.63, 3.8) is 0 Å². The lowest BCUT2D eigenvalue weighted by atomic mass is 10.2. The van der Waals surface area contributed by atoms with Gasteiger partial charge in [-0.25, -0.2) is 4.79 Å². The van der Waals surface area contributed by atoms with Gasteiger partial charge in [0, 0.05) is 41.9 Å². The number of carbonyl (C=O) groups excluding carboxylic acids is 2. The number of aryl methyl sites for hydroxylation is 1. The normalized spacial score (nSPS) is 14.9. The fourth-order valence-electron chi connectivity index (χ4n) is 3.87. The zero-order chi connectivity index (χ0) is 23.0. The molecular formula is C25H25ClN4O2. The maximum absolute atomic E-state index is 12.9. The second-order valence-electron chi connectivity index (χ2n) is 8.08. The molecular weight excluding hydrogens is 424 g/mol. The first-order valence-electron chi connectivity index (χ1n) is 10.3. The van der Waals surface area contributed by atoms with Crippen molar-refractivity contribution >= 4 is 35.3 Å². The first kappa shape index (κ1) is 21.7. The van der Waals surface area contributed by atoms with Crippen LogP contribution in [0.5, 0.6) is 0 Å². The summed E-state index contributed by atoms with van der Waals surface area (Å²) in [6.07, 6.45) is 1.75. The molecule has 7 heteroatoms. The molecule has 2 aromatic carbocycles. The molecule has 0 aliphatic carbocycles. The van der Waals surface area contributed by atoms with Crippen molar-refractivity contribution in [2.24, 2.45) is 0 Å². The average molecular weight is 449 g/mol. The number of benzene rings is 2. The molecule has 1 fully saturated rings. The highest BCUT2D eigenvalue weighted by Crippen LogP contribution is 2.25. The second-order valence-corrected chi connectivity index (χ2v) is 8.52. The number of urea groups is 1. The Bertz CT molecular complexity index is 1210. The van der Waals surface area contributed by atoms with Crippen LogP contribution in [0, 0.1) is 13.8 Å². The zero-order valence-electron chi connectivity index (χ0n) is 18.5. The summed E-state index contributed by atoms with van der Waals surface area (Å²) >= 11 is 5.92. The van der Waals surface area contributed by atoms with Crippen LogP contribution in [0.3, 0.4) is 0 Å². The molecule has 3 amide bonds. The standard InChI is InChI=1S/C25H25ClN4O2/c1-16-13-19(17(2)30(16)22-11-9-21(10-12-22)28(3)4)14-23-24(31)29(25(32)27-23)15-18-5-7-20(26)8-6-18/h5-14H,15H2,1-4H3,(H,27,32). The Morgan fingerprint density at radius 3 is 2.28 bits per heavy atom. The molecule has 2 heterocycles. The van der Waals surface area contributed by atoms with E-state index < -0.39 is 6.03 Å². The van der Waals surface area contributed by atoms with Gasteiger partial charge >= 0.3 is 6.03 Å². The van der Waals surface area contributed by atoms with Gasteiger partial charge in [-0.15, -0.1) is 0 Å². The highest BCUT2D eigenvalue weighted by atomic mass is 35.5. The minimum atomic E-state index is -0.427. The van der Waals surface area contributed by atoms with Crippen LogP contribution >= 0.6 is 11.6 Å². The van der Waals surface area contributed by atoms with Crippen LogP contribution in [0.25, 0.3) is 11.8 Å². The number of aromatic nitrogens is 1. The smallest absolute Gasteiger partial charge is 0.329 e. The molecule has 1 saturated heterocycles. The molecule has 0 atom stereocenters. The van der Waals surface area contributed by atoms with E-state index in [0.717, 1.165) is 33.9 Å². The number of nitrogens with zero attached hydrogens (tertiary/aromatic N) is 3. The van der Waals surface area contributed by atoms with E-state index in [-0.39, 0.29) is 18.1 Å². The maximum Gasteiger partial charge on any atom is 0.329 e. The largest absolute Gasteiger partial charge is 0.378 e. The van der Waals surface area contributed by atoms with E-state index in [2.05, 4.69) is 39.0 Å². The van der Waals surface area contributed by atoms with E-state index in [9.17, 15) is 9.59 Å². The summed E-state index contributed by atoms with van der Waals surface area (Å²) in [5.74, 6) is -0.343. The van der Waals surface area contributed by atoms with Crippen molar-refractivity contribution in [3.8, 4) is 5.69 Å². The lowest BCUT2D eigenvalue weighted by Crippen LogP contribution is -2.30. The molecule has 0 saturated carbocycles. The van der Waals surface area contributed by atoms with Crippen LogP contribution in [-0.2, 0) is 11.3 Å². The van der Waals surface area contributed by atoms with Gasteiger partial charge in [-0.2, -0.15) is 0 Å². The molecule has 3 aromatic rings. The van der Waals surface area contributed by atoms with Crippen molar-refractivity contribution in [1.82, 2.24) is 14.8 Å². The highest BCUT2D eigenvalue weighted by molar-refractivity contribution is 6.30. The summed E-state index contributed by atoms with van der Waals surface area (Å²) in [5.41, 5.74) is 6.19.